The number of carboxylic acid groups (broad SMARTS) is 1. The van der Waals surface area contributed by atoms with Crippen molar-refractivity contribution in [3.05, 3.63) is 33.8 Å². The van der Waals surface area contributed by atoms with E-state index in [2.05, 4.69) is 0 Å². The Labute approximate surface area is 161 Å². The summed E-state index contributed by atoms with van der Waals surface area (Å²) in [4.78, 5) is 40.1. The predicted molar refractivity (Wildman–Crippen MR) is 97.5 cm³/mol. The smallest absolute Gasteiger partial charge is 0.306 e. The molecule has 1 atom stereocenters. The lowest BCUT2D eigenvalue weighted by molar-refractivity contribution is -0.146. The van der Waals surface area contributed by atoms with E-state index in [1.165, 1.54) is 6.07 Å². The number of hydrogen-bond donors (Lipinski definition) is 1. The first-order valence-corrected chi connectivity index (χ1v) is 9.41. The van der Waals surface area contributed by atoms with Crippen molar-refractivity contribution in [1.82, 2.24) is 9.80 Å². The minimum atomic E-state index is -0.814. The molecule has 6 nitrogen and oxygen atoms in total. The highest BCUT2D eigenvalue weighted by Crippen LogP contribution is 2.28. The van der Waals surface area contributed by atoms with Crippen LogP contribution in [-0.4, -0.2) is 58.4 Å². The van der Waals surface area contributed by atoms with E-state index in [0.717, 1.165) is 6.42 Å². The molecular formula is C18H20Cl2N2O4. The molecule has 3 rings (SSSR count). The molecule has 1 aromatic carbocycles. The molecule has 8 heteroatoms. The molecule has 2 saturated heterocycles. The largest absolute Gasteiger partial charge is 0.481 e. The van der Waals surface area contributed by atoms with E-state index in [4.69, 9.17) is 28.3 Å². The second-order valence-corrected chi connectivity index (χ2v) is 7.56. The SMILES string of the molecule is O=C(O)C1CCN(C(=O)C2CCCN2C(=O)c2cc(Cl)ccc2Cl)CC1. The molecule has 2 aliphatic rings. The molecule has 2 fully saturated rings. The minimum Gasteiger partial charge on any atom is -0.481 e. The van der Waals surface area contributed by atoms with Gasteiger partial charge < -0.3 is 14.9 Å². The molecule has 1 aromatic rings. The van der Waals surface area contributed by atoms with Gasteiger partial charge in [0, 0.05) is 24.7 Å². The Bertz CT molecular complexity index is 732. The van der Waals surface area contributed by atoms with Crippen LogP contribution in [0.1, 0.15) is 36.0 Å². The number of amides is 2. The molecule has 2 aliphatic heterocycles. The van der Waals surface area contributed by atoms with Gasteiger partial charge in [-0.05, 0) is 43.9 Å². The van der Waals surface area contributed by atoms with E-state index in [1.807, 2.05) is 0 Å². The average Bonchev–Trinajstić information content (AvgIpc) is 3.12. The fraction of sp³-hybridized carbons (Fsp3) is 0.500. The van der Waals surface area contributed by atoms with Crippen molar-refractivity contribution in [1.29, 1.82) is 0 Å². The molecule has 2 amide bonds. The Kier molecular flexibility index (Phi) is 5.73. The number of halogens is 2. The maximum Gasteiger partial charge on any atom is 0.306 e. The zero-order valence-corrected chi connectivity index (χ0v) is 15.7. The molecule has 26 heavy (non-hydrogen) atoms. The lowest BCUT2D eigenvalue weighted by Gasteiger charge is -2.34. The normalized spacial score (nSPS) is 21.1. The molecule has 0 aliphatic carbocycles. The van der Waals surface area contributed by atoms with Crippen molar-refractivity contribution >= 4 is 41.0 Å². The molecule has 140 valence electrons. The molecule has 0 bridgehead atoms. The molecule has 0 spiro atoms. The van der Waals surface area contributed by atoms with Gasteiger partial charge in [-0.1, -0.05) is 23.2 Å². The number of carbonyl (C=O) groups is 3. The van der Waals surface area contributed by atoms with Crippen LogP contribution >= 0.6 is 23.2 Å². The first-order chi connectivity index (χ1) is 12.4. The Morgan fingerprint density at radius 3 is 2.38 bits per heavy atom. The van der Waals surface area contributed by atoms with Crippen LogP contribution in [0.2, 0.25) is 10.0 Å². The van der Waals surface area contributed by atoms with Crippen molar-refractivity contribution in [3.63, 3.8) is 0 Å². The van der Waals surface area contributed by atoms with Crippen LogP contribution in [0, 0.1) is 5.92 Å². The summed E-state index contributed by atoms with van der Waals surface area (Å²) in [5, 5.41) is 9.80. The van der Waals surface area contributed by atoms with E-state index >= 15 is 0 Å². The lowest BCUT2D eigenvalue weighted by Crippen LogP contribution is -2.50. The Morgan fingerprint density at radius 2 is 1.73 bits per heavy atom. The third-order valence-electron chi connectivity index (χ3n) is 5.11. The number of likely N-dealkylation sites (tertiary alicyclic amines) is 2. The number of nitrogens with zero attached hydrogens (tertiary/aromatic N) is 2. The molecule has 1 N–H and O–H groups in total. The van der Waals surface area contributed by atoms with Gasteiger partial charge in [0.25, 0.3) is 5.91 Å². The summed E-state index contributed by atoms with van der Waals surface area (Å²) >= 11 is 12.1. The first kappa shape index (κ1) is 19.0. The zero-order valence-electron chi connectivity index (χ0n) is 14.2. The second-order valence-electron chi connectivity index (χ2n) is 6.72. The van der Waals surface area contributed by atoms with Gasteiger partial charge >= 0.3 is 5.97 Å². The van der Waals surface area contributed by atoms with Gasteiger partial charge in [0.15, 0.2) is 0 Å². The van der Waals surface area contributed by atoms with E-state index < -0.39 is 17.9 Å². The van der Waals surface area contributed by atoms with Gasteiger partial charge in [-0.15, -0.1) is 0 Å². The van der Waals surface area contributed by atoms with E-state index in [0.29, 0.717) is 54.5 Å². The van der Waals surface area contributed by atoms with Gasteiger partial charge in [0.05, 0.1) is 16.5 Å². The number of hydrogen-bond acceptors (Lipinski definition) is 3. The van der Waals surface area contributed by atoms with Crippen molar-refractivity contribution in [2.75, 3.05) is 19.6 Å². The highest BCUT2D eigenvalue weighted by molar-refractivity contribution is 6.35. The summed E-state index contributed by atoms with van der Waals surface area (Å²) in [5.41, 5.74) is 0.295. The van der Waals surface area contributed by atoms with E-state index in [1.54, 1.807) is 21.9 Å². The summed E-state index contributed by atoms with van der Waals surface area (Å²) in [5.74, 6) is -1.62. The van der Waals surface area contributed by atoms with E-state index in [-0.39, 0.29) is 11.8 Å². The Balaban J connectivity index is 1.72. The average molecular weight is 399 g/mol. The summed E-state index contributed by atoms with van der Waals surface area (Å²) in [6.45, 7) is 1.31. The van der Waals surface area contributed by atoms with Gasteiger partial charge in [-0.3, -0.25) is 14.4 Å². The number of carbonyl (C=O) groups excluding carboxylic acids is 2. The van der Waals surface area contributed by atoms with Crippen LogP contribution in [0.3, 0.4) is 0 Å². The zero-order chi connectivity index (χ0) is 18.8. The molecule has 0 radical (unpaired) electrons. The number of aliphatic carboxylic acids is 1. The standard InChI is InChI=1S/C18H20Cl2N2O4/c19-12-3-4-14(20)13(10-12)16(23)22-7-1-2-15(22)17(24)21-8-5-11(6-9-21)18(25)26/h3-4,10-11,15H,1-2,5-9H2,(H,25,26). The van der Waals surface area contributed by atoms with Crippen LogP contribution in [0.25, 0.3) is 0 Å². The molecule has 0 aromatic heterocycles. The van der Waals surface area contributed by atoms with E-state index in [9.17, 15) is 14.4 Å². The van der Waals surface area contributed by atoms with Crippen LogP contribution < -0.4 is 0 Å². The summed E-state index contributed by atoms with van der Waals surface area (Å²) in [6, 6.07) is 4.17. The third-order valence-corrected chi connectivity index (χ3v) is 5.68. The van der Waals surface area contributed by atoms with Gasteiger partial charge in [-0.25, -0.2) is 0 Å². The highest BCUT2D eigenvalue weighted by Gasteiger charge is 2.38. The van der Waals surface area contributed by atoms with Gasteiger partial charge in [0.1, 0.15) is 6.04 Å². The Hall–Kier alpha value is -1.79. The number of carboxylic acids is 1. The maximum atomic E-state index is 12.9. The number of piperidine rings is 1. The van der Waals surface area contributed by atoms with Crippen LogP contribution in [0.5, 0.6) is 0 Å². The van der Waals surface area contributed by atoms with Crippen molar-refractivity contribution in [2.45, 2.75) is 31.7 Å². The lowest BCUT2D eigenvalue weighted by atomic mass is 9.96. The summed E-state index contributed by atoms with van der Waals surface area (Å²) in [7, 11) is 0. The van der Waals surface area contributed by atoms with Crippen LogP contribution in [0.15, 0.2) is 18.2 Å². The number of benzene rings is 1. The minimum absolute atomic E-state index is 0.113. The molecule has 0 saturated carbocycles. The molecule has 1 unspecified atom stereocenters. The predicted octanol–water partition coefficient (Wildman–Crippen LogP) is 2.92. The maximum absolute atomic E-state index is 12.9. The fourth-order valence-corrected chi connectivity index (χ4v) is 4.01. The quantitative estimate of drug-likeness (QED) is 0.848. The third kappa shape index (κ3) is 3.81. The Morgan fingerprint density at radius 1 is 1.04 bits per heavy atom. The number of rotatable bonds is 3. The van der Waals surface area contributed by atoms with Crippen LogP contribution in [0.4, 0.5) is 0 Å². The first-order valence-electron chi connectivity index (χ1n) is 8.66. The second kappa shape index (κ2) is 7.84. The highest BCUT2D eigenvalue weighted by atomic mass is 35.5. The van der Waals surface area contributed by atoms with Crippen molar-refractivity contribution in [2.24, 2.45) is 5.92 Å². The molecule has 2 heterocycles. The summed E-state index contributed by atoms with van der Waals surface area (Å²) in [6.07, 6.45) is 2.23. The topological polar surface area (TPSA) is 77.9 Å². The van der Waals surface area contributed by atoms with Gasteiger partial charge in [-0.2, -0.15) is 0 Å². The van der Waals surface area contributed by atoms with Crippen LogP contribution in [-0.2, 0) is 9.59 Å². The van der Waals surface area contributed by atoms with Crippen molar-refractivity contribution in [3.8, 4) is 0 Å². The fourth-order valence-electron chi connectivity index (χ4n) is 3.64. The summed E-state index contributed by atoms with van der Waals surface area (Å²) < 4.78 is 0. The monoisotopic (exact) mass is 398 g/mol. The van der Waals surface area contributed by atoms with Gasteiger partial charge in [0.2, 0.25) is 5.91 Å². The van der Waals surface area contributed by atoms with Crippen molar-refractivity contribution < 1.29 is 19.5 Å². The molecular weight excluding hydrogens is 379 g/mol.